The van der Waals surface area contributed by atoms with E-state index in [-0.39, 0.29) is 5.54 Å². The van der Waals surface area contributed by atoms with Crippen LogP contribution in [-0.2, 0) is 0 Å². The summed E-state index contributed by atoms with van der Waals surface area (Å²) >= 11 is 0. The fourth-order valence-corrected chi connectivity index (χ4v) is 1.63. The summed E-state index contributed by atoms with van der Waals surface area (Å²) in [7, 11) is 0. The van der Waals surface area contributed by atoms with E-state index in [4.69, 9.17) is 5.73 Å². The predicted molar refractivity (Wildman–Crippen MR) is 62.6 cm³/mol. The molecular formula is C13H21N. The Morgan fingerprint density at radius 1 is 1.21 bits per heavy atom. The quantitative estimate of drug-likeness (QED) is 0.763. The van der Waals surface area contributed by atoms with Crippen LogP contribution in [0.25, 0.3) is 0 Å². The molecule has 1 atom stereocenters. The molecule has 1 unspecified atom stereocenters. The predicted octanol–water partition coefficient (Wildman–Crippen LogP) is 3.14. The Morgan fingerprint density at radius 2 is 1.79 bits per heavy atom. The molecule has 1 aromatic rings. The number of rotatable bonds is 2. The number of hydrogen-bond acceptors (Lipinski definition) is 1. The second kappa shape index (κ2) is 3.74. The second-order valence-electron chi connectivity index (χ2n) is 4.90. The van der Waals surface area contributed by atoms with Crippen LogP contribution in [-0.4, -0.2) is 5.54 Å². The molecule has 0 saturated carbocycles. The highest BCUT2D eigenvalue weighted by molar-refractivity contribution is 5.34. The number of aryl methyl sites for hydroxylation is 2. The third-order valence-electron chi connectivity index (χ3n) is 3.02. The van der Waals surface area contributed by atoms with Crippen LogP contribution in [0.5, 0.6) is 0 Å². The van der Waals surface area contributed by atoms with E-state index < -0.39 is 0 Å². The third-order valence-corrected chi connectivity index (χ3v) is 3.02. The van der Waals surface area contributed by atoms with Gasteiger partial charge in [0.05, 0.1) is 0 Å². The highest BCUT2D eigenvalue weighted by Crippen LogP contribution is 2.28. The van der Waals surface area contributed by atoms with Gasteiger partial charge in [0.1, 0.15) is 0 Å². The summed E-state index contributed by atoms with van der Waals surface area (Å²) in [5.74, 6) is 0.391. The standard InChI is InChI=1S/C13H21N/c1-9-6-7-10(2)12(8-9)11(3)13(4,5)14/h6-8,11H,14H2,1-5H3. The molecule has 1 aromatic carbocycles. The van der Waals surface area contributed by atoms with Gasteiger partial charge in [-0.15, -0.1) is 0 Å². The molecule has 0 spiro atoms. The number of benzene rings is 1. The lowest BCUT2D eigenvalue weighted by molar-refractivity contribution is 0.434. The van der Waals surface area contributed by atoms with E-state index in [1.165, 1.54) is 16.7 Å². The van der Waals surface area contributed by atoms with E-state index in [1.54, 1.807) is 0 Å². The van der Waals surface area contributed by atoms with Crippen molar-refractivity contribution in [2.75, 3.05) is 0 Å². The fraction of sp³-hybridized carbons (Fsp3) is 0.538. The van der Waals surface area contributed by atoms with E-state index in [2.05, 4.69) is 52.8 Å². The number of nitrogens with two attached hydrogens (primary N) is 1. The molecule has 14 heavy (non-hydrogen) atoms. The molecule has 0 aliphatic rings. The van der Waals surface area contributed by atoms with Crippen LogP contribution in [0.4, 0.5) is 0 Å². The largest absolute Gasteiger partial charge is 0.325 e. The van der Waals surface area contributed by atoms with E-state index in [1.807, 2.05) is 0 Å². The minimum absolute atomic E-state index is 0.154. The van der Waals surface area contributed by atoms with Gasteiger partial charge in [-0.05, 0) is 44.7 Å². The molecular weight excluding hydrogens is 170 g/mol. The minimum atomic E-state index is -0.154. The maximum Gasteiger partial charge on any atom is 0.0163 e. The molecule has 1 nitrogen and oxygen atoms in total. The molecule has 1 rings (SSSR count). The van der Waals surface area contributed by atoms with E-state index in [0.29, 0.717) is 5.92 Å². The maximum atomic E-state index is 6.13. The van der Waals surface area contributed by atoms with Gasteiger partial charge in [0.15, 0.2) is 0 Å². The van der Waals surface area contributed by atoms with Crippen LogP contribution >= 0.6 is 0 Å². The van der Waals surface area contributed by atoms with Crippen LogP contribution in [0.2, 0.25) is 0 Å². The lowest BCUT2D eigenvalue weighted by Gasteiger charge is -2.29. The average molecular weight is 191 g/mol. The van der Waals surface area contributed by atoms with Crippen molar-refractivity contribution in [3.63, 3.8) is 0 Å². The van der Waals surface area contributed by atoms with Crippen molar-refractivity contribution in [3.8, 4) is 0 Å². The Balaban J connectivity index is 3.12. The van der Waals surface area contributed by atoms with Crippen molar-refractivity contribution in [1.29, 1.82) is 0 Å². The molecule has 2 N–H and O–H groups in total. The fourth-order valence-electron chi connectivity index (χ4n) is 1.63. The lowest BCUT2D eigenvalue weighted by Crippen LogP contribution is -2.38. The summed E-state index contributed by atoms with van der Waals surface area (Å²) in [5, 5.41) is 0. The van der Waals surface area contributed by atoms with Crippen molar-refractivity contribution in [3.05, 3.63) is 34.9 Å². The van der Waals surface area contributed by atoms with Crippen LogP contribution in [0.3, 0.4) is 0 Å². The van der Waals surface area contributed by atoms with Gasteiger partial charge in [0.2, 0.25) is 0 Å². The van der Waals surface area contributed by atoms with Gasteiger partial charge in [-0.25, -0.2) is 0 Å². The summed E-state index contributed by atoms with van der Waals surface area (Å²) in [6.07, 6.45) is 0. The summed E-state index contributed by atoms with van der Waals surface area (Å²) in [6.45, 7) is 10.6. The Bertz CT molecular complexity index is 320. The van der Waals surface area contributed by atoms with Gasteiger partial charge in [-0.3, -0.25) is 0 Å². The first kappa shape index (κ1) is 11.3. The molecule has 0 aliphatic carbocycles. The molecule has 1 heteroatoms. The zero-order valence-corrected chi connectivity index (χ0v) is 9.89. The average Bonchev–Trinajstić information content (AvgIpc) is 2.06. The molecule has 0 bridgehead atoms. The smallest absolute Gasteiger partial charge is 0.0163 e. The Morgan fingerprint density at radius 3 is 2.29 bits per heavy atom. The second-order valence-corrected chi connectivity index (χ2v) is 4.90. The first-order valence-electron chi connectivity index (χ1n) is 5.18. The van der Waals surface area contributed by atoms with Gasteiger partial charge in [-0.2, -0.15) is 0 Å². The summed E-state index contributed by atoms with van der Waals surface area (Å²) in [4.78, 5) is 0. The highest BCUT2D eigenvalue weighted by Gasteiger charge is 2.23. The van der Waals surface area contributed by atoms with Crippen LogP contribution in [0.1, 0.15) is 43.4 Å². The molecule has 0 radical (unpaired) electrons. The van der Waals surface area contributed by atoms with Crippen LogP contribution in [0, 0.1) is 13.8 Å². The Kier molecular flexibility index (Phi) is 3.01. The van der Waals surface area contributed by atoms with E-state index >= 15 is 0 Å². The normalized spacial score (nSPS) is 14.1. The maximum absolute atomic E-state index is 6.13. The SMILES string of the molecule is Cc1ccc(C)c(C(C)C(C)(C)N)c1. The van der Waals surface area contributed by atoms with Crippen LogP contribution < -0.4 is 5.73 Å². The molecule has 78 valence electrons. The van der Waals surface area contributed by atoms with Gasteiger partial charge >= 0.3 is 0 Å². The number of hydrogen-bond donors (Lipinski definition) is 1. The first-order chi connectivity index (χ1) is 6.32. The molecule has 0 amide bonds. The molecule has 0 aromatic heterocycles. The van der Waals surface area contributed by atoms with Crippen molar-refractivity contribution >= 4 is 0 Å². The molecule has 0 fully saturated rings. The topological polar surface area (TPSA) is 26.0 Å². The Labute approximate surface area is 87.3 Å². The molecule has 0 heterocycles. The van der Waals surface area contributed by atoms with Crippen molar-refractivity contribution in [1.82, 2.24) is 0 Å². The van der Waals surface area contributed by atoms with Gasteiger partial charge in [0.25, 0.3) is 0 Å². The van der Waals surface area contributed by atoms with E-state index in [0.717, 1.165) is 0 Å². The van der Waals surface area contributed by atoms with E-state index in [9.17, 15) is 0 Å². The zero-order chi connectivity index (χ0) is 10.9. The molecule has 0 saturated heterocycles. The lowest BCUT2D eigenvalue weighted by atomic mass is 9.82. The van der Waals surface area contributed by atoms with Crippen molar-refractivity contribution in [2.45, 2.75) is 46.1 Å². The van der Waals surface area contributed by atoms with Crippen LogP contribution in [0.15, 0.2) is 18.2 Å². The summed E-state index contributed by atoms with van der Waals surface area (Å²) in [5.41, 5.74) is 9.99. The monoisotopic (exact) mass is 191 g/mol. The highest BCUT2D eigenvalue weighted by atomic mass is 14.7. The molecule has 0 aliphatic heterocycles. The minimum Gasteiger partial charge on any atom is -0.325 e. The Hall–Kier alpha value is -0.820. The first-order valence-corrected chi connectivity index (χ1v) is 5.18. The van der Waals surface area contributed by atoms with Crippen molar-refractivity contribution < 1.29 is 0 Å². The van der Waals surface area contributed by atoms with Gasteiger partial charge in [-0.1, -0.05) is 30.7 Å². The van der Waals surface area contributed by atoms with Gasteiger partial charge < -0.3 is 5.73 Å². The zero-order valence-electron chi connectivity index (χ0n) is 9.89. The van der Waals surface area contributed by atoms with Crippen molar-refractivity contribution in [2.24, 2.45) is 5.73 Å². The van der Waals surface area contributed by atoms with Gasteiger partial charge in [0, 0.05) is 5.54 Å². The summed E-state index contributed by atoms with van der Waals surface area (Å²) < 4.78 is 0. The third kappa shape index (κ3) is 2.36. The summed E-state index contributed by atoms with van der Waals surface area (Å²) in [6, 6.07) is 6.57.